The number of piperidine rings is 1. The van der Waals surface area contributed by atoms with Crippen LogP contribution in [0.2, 0.25) is 0 Å². The smallest absolute Gasteiger partial charge is 0.315 e. The number of anilines is 1. The third-order valence-electron chi connectivity index (χ3n) is 4.32. The van der Waals surface area contributed by atoms with Gasteiger partial charge >= 0.3 is 6.03 Å². The Balaban J connectivity index is 1.37. The number of carbonyl (C=O) groups is 1. The maximum atomic E-state index is 11.9. The molecule has 2 N–H and O–H groups in total. The molecule has 0 aliphatic carbocycles. The van der Waals surface area contributed by atoms with Crippen molar-refractivity contribution in [3.8, 4) is 0 Å². The fourth-order valence-corrected chi connectivity index (χ4v) is 3.04. The van der Waals surface area contributed by atoms with Gasteiger partial charge in [0.25, 0.3) is 0 Å². The van der Waals surface area contributed by atoms with Crippen LogP contribution in [0.3, 0.4) is 0 Å². The molecule has 0 radical (unpaired) electrons. The number of rotatable bonds is 4. The Hall–Kier alpha value is -1.82. The number of aromatic nitrogens is 1. The molecule has 1 aromatic heterocycles. The van der Waals surface area contributed by atoms with Crippen LogP contribution in [-0.4, -0.2) is 49.4 Å². The number of hydrogen-bond donors (Lipinski definition) is 2. The van der Waals surface area contributed by atoms with E-state index >= 15 is 0 Å². The molecule has 2 saturated heterocycles. The van der Waals surface area contributed by atoms with Crippen molar-refractivity contribution in [3.05, 3.63) is 24.4 Å². The standard InChI is InChI=1S/C16H24N4O2/c21-16(18-12-14-4-3-11-22-14)19-13-6-9-20(10-7-13)15-5-1-2-8-17-15/h1-2,5,8,13-14H,3-4,6-7,9-12H2,(H2,18,19,21)/t14-/m0/s1. The van der Waals surface area contributed by atoms with Gasteiger partial charge in [-0.3, -0.25) is 0 Å². The van der Waals surface area contributed by atoms with E-state index in [0.717, 1.165) is 51.2 Å². The summed E-state index contributed by atoms with van der Waals surface area (Å²) in [5.41, 5.74) is 0. The normalized spacial score (nSPS) is 22.5. The molecule has 2 fully saturated rings. The number of urea groups is 1. The number of pyridine rings is 1. The fraction of sp³-hybridized carbons (Fsp3) is 0.625. The van der Waals surface area contributed by atoms with Gasteiger partial charge in [-0.2, -0.15) is 0 Å². The SMILES string of the molecule is O=C(NC[C@@H]1CCCO1)NC1CCN(c2ccccn2)CC1. The minimum absolute atomic E-state index is 0.0770. The van der Waals surface area contributed by atoms with Gasteiger partial charge in [-0.1, -0.05) is 6.07 Å². The van der Waals surface area contributed by atoms with Gasteiger partial charge in [0.2, 0.25) is 0 Å². The summed E-state index contributed by atoms with van der Waals surface area (Å²) in [6.07, 6.45) is 6.05. The number of hydrogen-bond acceptors (Lipinski definition) is 4. The van der Waals surface area contributed by atoms with E-state index in [2.05, 4.69) is 20.5 Å². The second-order valence-electron chi connectivity index (χ2n) is 5.94. The Bertz CT molecular complexity index is 468. The number of nitrogens with one attached hydrogen (secondary N) is 2. The summed E-state index contributed by atoms with van der Waals surface area (Å²) >= 11 is 0. The maximum absolute atomic E-state index is 11.9. The van der Waals surface area contributed by atoms with Crippen molar-refractivity contribution in [2.75, 3.05) is 31.1 Å². The summed E-state index contributed by atoms with van der Waals surface area (Å²) in [5.74, 6) is 1.02. The Morgan fingerprint density at radius 3 is 2.86 bits per heavy atom. The van der Waals surface area contributed by atoms with Crippen molar-refractivity contribution < 1.29 is 9.53 Å². The van der Waals surface area contributed by atoms with Crippen LogP contribution >= 0.6 is 0 Å². The molecule has 0 saturated carbocycles. The lowest BCUT2D eigenvalue weighted by molar-refractivity contribution is 0.111. The molecule has 1 atom stereocenters. The third kappa shape index (κ3) is 4.10. The molecule has 3 rings (SSSR count). The summed E-state index contributed by atoms with van der Waals surface area (Å²) < 4.78 is 5.50. The van der Waals surface area contributed by atoms with Crippen molar-refractivity contribution in [1.82, 2.24) is 15.6 Å². The first-order valence-corrected chi connectivity index (χ1v) is 8.13. The zero-order valence-corrected chi connectivity index (χ0v) is 12.8. The lowest BCUT2D eigenvalue weighted by Crippen LogP contribution is -2.49. The van der Waals surface area contributed by atoms with Gasteiger partial charge < -0.3 is 20.3 Å². The zero-order chi connectivity index (χ0) is 15.2. The van der Waals surface area contributed by atoms with Crippen LogP contribution in [0.1, 0.15) is 25.7 Å². The topological polar surface area (TPSA) is 66.5 Å². The van der Waals surface area contributed by atoms with Gasteiger partial charge in [-0.15, -0.1) is 0 Å². The molecule has 1 aromatic rings. The predicted octanol–water partition coefficient (Wildman–Crippen LogP) is 1.53. The Kier molecular flexibility index (Phi) is 5.11. The van der Waals surface area contributed by atoms with E-state index in [4.69, 9.17) is 4.74 Å². The van der Waals surface area contributed by atoms with Crippen molar-refractivity contribution in [3.63, 3.8) is 0 Å². The van der Waals surface area contributed by atoms with E-state index in [1.165, 1.54) is 0 Å². The second-order valence-corrected chi connectivity index (χ2v) is 5.94. The van der Waals surface area contributed by atoms with Crippen molar-refractivity contribution >= 4 is 11.8 Å². The van der Waals surface area contributed by atoms with Gasteiger partial charge in [-0.05, 0) is 37.8 Å². The molecular weight excluding hydrogens is 280 g/mol. The van der Waals surface area contributed by atoms with E-state index < -0.39 is 0 Å². The number of ether oxygens (including phenoxy) is 1. The lowest BCUT2D eigenvalue weighted by atomic mass is 10.1. The molecule has 2 aliphatic rings. The third-order valence-corrected chi connectivity index (χ3v) is 4.32. The van der Waals surface area contributed by atoms with Crippen molar-refractivity contribution in [1.29, 1.82) is 0 Å². The Morgan fingerprint density at radius 2 is 2.18 bits per heavy atom. The fourth-order valence-electron chi connectivity index (χ4n) is 3.04. The zero-order valence-electron chi connectivity index (χ0n) is 12.8. The van der Waals surface area contributed by atoms with E-state index in [-0.39, 0.29) is 18.2 Å². The van der Waals surface area contributed by atoms with Crippen molar-refractivity contribution in [2.45, 2.75) is 37.8 Å². The highest BCUT2D eigenvalue weighted by atomic mass is 16.5. The number of nitrogens with zero attached hydrogens (tertiary/aromatic N) is 2. The van der Waals surface area contributed by atoms with Crippen LogP contribution in [0, 0.1) is 0 Å². The summed E-state index contributed by atoms with van der Waals surface area (Å²) in [6.45, 7) is 3.28. The minimum Gasteiger partial charge on any atom is -0.376 e. The van der Waals surface area contributed by atoms with Crippen LogP contribution in [0.15, 0.2) is 24.4 Å². The largest absolute Gasteiger partial charge is 0.376 e. The number of amides is 2. The van der Waals surface area contributed by atoms with E-state index in [9.17, 15) is 4.79 Å². The minimum atomic E-state index is -0.0770. The highest BCUT2D eigenvalue weighted by molar-refractivity contribution is 5.74. The quantitative estimate of drug-likeness (QED) is 0.885. The molecule has 0 spiro atoms. The molecule has 2 aliphatic heterocycles. The van der Waals surface area contributed by atoms with Crippen LogP contribution in [0.4, 0.5) is 10.6 Å². The predicted molar refractivity (Wildman–Crippen MR) is 85.0 cm³/mol. The van der Waals surface area contributed by atoms with Crippen LogP contribution in [-0.2, 0) is 4.74 Å². The molecule has 22 heavy (non-hydrogen) atoms. The first-order valence-electron chi connectivity index (χ1n) is 8.13. The summed E-state index contributed by atoms with van der Waals surface area (Å²) in [5, 5.41) is 5.98. The molecule has 6 heteroatoms. The van der Waals surface area contributed by atoms with Gasteiger partial charge in [0.1, 0.15) is 5.82 Å². The Labute approximate surface area is 131 Å². The van der Waals surface area contributed by atoms with Gasteiger partial charge in [-0.25, -0.2) is 9.78 Å². The monoisotopic (exact) mass is 304 g/mol. The van der Waals surface area contributed by atoms with Crippen LogP contribution < -0.4 is 15.5 Å². The summed E-state index contributed by atoms with van der Waals surface area (Å²) in [4.78, 5) is 18.6. The number of carbonyl (C=O) groups excluding carboxylic acids is 1. The second kappa shape index (κ2) is 7.45. The molecule has 0 aromatic carbocycles. The van der Waals surface area contributed by atoms with Crippen LogP contribution in [0.25, 0.3) is 0 Å². The Morgan fingerprint density at radius 1 is 1.32 bits per heavy atom. The van der Waals surface area contributed by atoms with Crippen molar-refractivity contribution in [2.24, 2.45) is 0 Å². The van der Waals surface area contributed by atoms with Gasteiger partial charge in [0.05, 0.1) is 6.10 Å². The average molecular weight is 304 g/mol. The van der Waals surface area contributed by atoms with Crippen LogP contribution in [0.5, 0.6) is 0 Å². The highest BCUT2D eigenvalue weighted by Gasteiger charge is 2.22. The molecule has 2 amide bonds. The highest BCUT2D eigenvalue weighted by Crippen LogP contribution is 2.17. The molecule has 120 valence electrons. The van der Waals surface area contributed by atoms with Gasteiger partial charge in [0, 0.05) is 38.5 Å². The van der Waals surface area contributed by atoms with Gasteiger partial charge in [0.15, 0.2) is 0 Å². The van der Waals surface area contributed by atoms with E-state index in [1.807, 2.05) is 24.4 Å². The molecule has 0 bridgehead atoms. The molecule has 0 unspecified atom stereocenters. The molecule has 3 heterocycles. The average Bonchev–Trinajstić information content (AvgIpc) is 3.08. The molecule has 6 nitrogen and oxygen atoms in total. The van der Waals surface area contributed by atoms with E-state index in [1.54, 1.807) is 0 Å². The molecular formula is C16H24N4O2. The maximum Gasteiger partial charge on any atom is 0.315 e. The summed E-state index contributed by atoms with van der Waals surface area (Å²) in [6, 6.07) is 6.12. The first kappa shape index (κ1) is 15.1. The van der Waals surface area contributed by atoms with E-state index in [0.29, 0.717) is 6.54 Å². The first-order chi connectivity index (χ1) is 10.8. The summed E-state index contributed by atoms with van der Waals surface area (Å²) in [7, 11) is 0. The lowest BCUT2D eigenvalue weighted by Gasteiger charge is -2.33.